The third kappa shape index (κ3) is 14.6. The van der Waals surface area contributed by atoms with E-state index < -0.39 is 0 Å². The molecule has 1 unspecified atom stereocenters. The largest absolute Gasteiger partial charge is 0.103 e. The van der Waals surface area contributed by atoms with E-state index in [9.17, 15) is 0 Å². The van der Waals surface area contributed by atoms with E-state index >= 15 is 0 Å². The van der Waals surface area contributed by atoms with Crippen LogP contribution in [0.4, 0.5) is 0 Å². The first kappa shape index (κ1) is 24.7. The normalized spacial score (nSPS) is 13.7. The molecule has 0 aliphatic rings. The number of hydrogen-bond donors (Lipinski definition) is 0. The van der Waals surface area contributed by atoms with Gasteiger partial charge in [-0.1, -0.05) is 130 Å². The first-order chi connectivity index (χ1) is 12.2. The molecule has 0 saturated carbocycles. The fraction of sp³-hybridized carbons (Fsp3) is 0.920. The minimum absolute atomic E-state index is 0.445. The smallest absolute Gasteiger partial charge is 0.0121 e. The molecule has 0 aliphatic carbocycles. The van der Waals surface area contributed by atoms with Gasteiger partial charge >= 0.3 is 0 Å². The molecule has 150 valence electrons. The molecule has 1 atom stereocenters. The summed E-state index contributed by atoms with van der Waals surface area (Å²) < 4.78 is 0. The van der Waals surface area contributed by atoms with Crippen molar-refractivity contribution in [1.82, 2.24) is 0 Å². The summed E-state index contributed by atoms with van der Waals surface area (Å²) >= 11 is 0. The van der Waals surface area contributed by atoms with Gasteiger partial charge in [-0.25, -0.2) is 0 Å². The Hall–Kier alpha value is -0.260. The van der Waals surface area contributed by atoms with Gasteiger partial charge in [-0.2, -0.15) is 0 Å². The van der Waals surface area contributed by atoms with Gasteiger partial charge < -0.3 is 0 Å². The van der Waals surface area contributed by atoms with E-state index in [2.05, 4.69) is 33.4 Å². The first-order valence-corrected chi connectivity index (χ1v) is 11.9. The molecule has 0 bridgehead atoms. The molecular weight excluding hydrogens is 300 g/mol. The maximum atomic E-state index is 4.24. The van der Waals surface area contributed by atoms with Gasteiger partial charge in [-0.05, 0) is 24.7 Å². The molecule has 0 amide bonds. The zero-order chi connectivity index (χ0) is 18.6. The van der Waals surface area contributed by atoms with Crippen LogP contribution in [0, 0.1) is 5.41 Å². The number of allylic oxidation sites excluding steroid dienone is 1. The monoisotopic (exact) mass is 350 g/mol. The maximum Gasteiger partial charge on any atom is -0.0121 e. The van der Waals surface area contributed by atoms with Crippen molar-refractivity contribution in [1.29, 1.82) is 0 Å². The van der Waals surface area contributed by atoms with Gasteiger partial charge in [0, 0.05) is 0 Å². The van der Waals surface area contributed by atoms with Crippen LogP contribution < -0.4 is 0 Å². The van der Waals surface area contributed by atoms with Crippen LogP contribution in [0.3, 0.4) is 0 Å². The lowest BCUT2D eigenvalue weighted by molar-refractivity contribution is 0.272. The Morgan fingerprint density at radius 2 is 0.840 bits per heavy atom. The lowest BCUT2D eigenvalue weighted by atomic mass is 9.74. The molecule has 25 heavy (non-hydrogen) atoms. The summed E-state index contributed by atoms with van der Waals surface area (Å²) in [5.41, 5.74) is 0.445. The van der Waals surface area contributed by atoms with E-state index in [0.717, 1.165) is 0 Å². The minimum atomic E-state index is 0.445. The standard InChI is InChI=1S/C25H50/c1-5-9-11-13-15-17-19-21-24-25(8-4,22-7-3)23-20-18-16-14-12-10-6-2/h8H,4-7,9-24H2,1-3H3. The summed E-state index contributed by atoms with van der Waals surface area (Å²) in [6.07, 6.45) is 29.1. The van der Waals surface area contributed by atoms with Crippen molar-refractivity contribution in [3.05, 3.63) is 12.7 Å². The molecule has 0 aromatic carbocycles. The highest BCUT2D eigenvalue weighted by Crippen LogP contribution is 2.37. The Balaban J connectivity index is 3.89. The highest BCUT2D eigenvalue weighted by atomic mass is 14.3. The van der Waals surface area contributed by atoms with Crippen LogP contribution in [0.5, 0.6) is 0 Å². The van der Waals surface area contributed by atoms with Gasteiger partial charge in [0.05, 0.1) is 0 Å². The SMILES string of the molecule is C=CC(CCC)(CCCCCCCCC)CCCCCCCCCC. The third-order valence-electron chi connectivity index (χ3n) is 5.99. The van der Waals surface area contributed by atoms with E-state index in [1.165, 1.54) is 122 Å². The van der Waals surface area contributed by atoms with Crippen molar-refractivity contribution >= 4 is 0 Å². The lowest BCUT2D eigenvalue weighted by Gasteiger charge is -2.31. The molecular formula is C25H50. The molecule has 0 aliphatic heterocycles. The minimum Gasteiger partial charge on any atom is -0.103 e. The molecule has 0 heterocycles. The van der Waals surface area contributed by atoms with Gasteiger partial charge in [0.25, 0.3) is 0 Å². The van der Waals surface area contributed by atoms with E-state index in [-0.39, 0.29) is 0 Å². The highest BCUT2D eigenvalue weighted by Gasteiger charge is 2.24. The van der Waals surface area contributed by atoms with Crippen molar-refractivity contribution in [3.8, 4) is 0 Å². The summed E-state index contributed by atoms with van der Waals surface area (Å²) in [5.74, 6) is 0. The second-order valence-corrected chi connectivity index (χ2v) is 8.41. The number of hydrogen-bond acceptors (Lipinski definition) is 0. The van der Waals surface area contributed by atoms with Crippen molar-refractivity contribution in [2.75, 3.05) is 0 Å². The first-order valence-electron chi connectivity index (χ1n) is 11.9. The molecule has 0 nitrogen and oxygen atoms in total. The summed E-state index contributed by atoms with van der Waals surface area (Å²) in [6.45, 7) is 11.2. The highest BCUT2D eigenvalue weighted by molar-refractivity contribution is 4.94. The fourth-order valence-electron chi connectivity index (χ4n) is 4.22. The Kier molecular flexibility index (Phi) is 18.3. The fourth-order valence-corrected chi connectivity index (χ4v) is 4.22. The van der Waals surface area contributed by atoms with Crippen molar-refractivity contribution in [3.63, 3.8) is 0 Å². The second-order valence-electron chi connectivity index (χ2n) is 8.41. The molecule has 0 N–H and O–H groups in total. The predicted octanol–water partition coefficient (Wildman–Crippen LogP) is 9.63. The Bertz CT molecular complexity index is 267. The van der Waals surface area contributed by atoms with Crippen LogP contribution in [0.2, 0.25) is 0 Å². The van der Waals surface area contributed by atoms with Crippen molar-refractivity contribution < 1.29 is 0 Å². The van der Waals surface area contributed by atoms with Gasteiger partial charge in [-0.3, -0.25) is 0 Å². The molecule has 0 rings (SSSR count). The zero-order valence-corrected chi connectivity index (χ0v) is 18.2. The molecule has 0 aromatic rings. The maximum absolute atomic E-state index is 4.24. The molecule has 0 saturated heterocycles. The van der Waals surface area contributed by atoms with Crippen LogP contribution in [0.1, 0.15) is 143 Å². The molecule has 0 spiro atoms. The summed E-state index contributed by atoms with van der Waals surface area (Å²) in [4.78, 5) is 0. The van der Waals surface area contributed by atoms with Crippen LogP contribution >= 0.6 is 0 Å². The molecule has 0 radical (unpaired) electrons. The lowest BCUT2D eigenvalue weighted by Crippen LogP contribution is -2.17. The number of unbranched alkanes of at least 4 members (excludes halogenated alkanes) is 13. The Morgan fingerprint density at radius 3 is 1.16 bits per heavy atom. The summed E-state index contributed by atoms with van der Waals surface area (Å²) in [5, 5.41) is 0. The van der Waals surface area contributed by atoms with Crippen molar-refractivity contribution in [2.45, 2.75) is 143 Å². The molecule has 0 fully saturated rings. The van der Waals surface area contributed by atoms with E-state index in [1.54, 1.807) is 0 Å². The van der Waals surface area contributed by atoms with Gasteiger partial charge in [0.1, 0.15) is 0 Å². The molecule has 0 aromatic heterocycles. The van der Waals surface area contributed by atoms with Gasteiger partial charge in [0.2, 0.25) is 0 Å². The predicted molar refractivity (Wildman–Crippen MR) is 117 cm³/mol. The van der Waals surface area contributed by atoms with Crippen LogP contribution in [0.15, 0.2) is 12.7 Å². The van der Waals surface area contributed by atoms with Gasteiger partial charge in [-0.15, -0.1) is 6.58 Å². The molecule has 0 heteroatoms. The van der Waals surface area contributed by atoms with E-state index in [1.807, 2.05) is 0 Å². The van der Waals surface area contributed by atoms with Crippen molar-refractivity contribution in [2.24, 2.45) is 5.41 Å². The van der Waals surface area contributed by atoms with E-state index in [4.69, 9.17) is 0 Å². The third-order valence-corrected chi connectivity index (χ3v) is 5.99. The Morgan fingerprint density at radius 1 is 0.480 bits per heavy atom. The van der Waals surface area contributed by atoms with E-state index in [0.29, 0.717) is 5.41 Å². The van der Waals surface area contributed by atoms with Gasteiger partial charge in [0.15, 0.2) is 0 Å². The average molecular weight is 351 g/mol. The van der Waals surface area contributed by atoms with Crippen LogP contribution in [-0.2, 0) is 0 Å². The zero-order valence-electron chi connectivity index (χ0n) is 18.2. The van der Waals surface area contributed by atoms with Crippen LogP contribution in [-0.4, -0.2) is 0 Å². The Labute approximate surface area is 161 Å². The van der Waals surface area contributed by atoms with Crippen LogP contribution in [0.25, 0.3) is 0 Å². The topological polar surface area (TPSA) is 0 Å². The quantitative estimate of drug-likeness (QED) is 0.151. The second kappa shape index (κ2) is 18.5. The number of rotatable bonds is 20. The average Bonchev–Trinajstić information content (AvgIpc) is 2.63. The summed E-state index contributed by atoms with van der Waals surface area (Å²) in [7, 11) is 0. The summed E-state index contributed by atoms with van der Waals surface area (Å²) in [6, 6.07) is 0.